The normalized spacial score (nSPS) is 12.5. The van der Waals surface area contributed by atoms with Crippen LogP contribution in [-0.2, 0) is 6.54 Å². The number of rotatable bonds is 8. The van der Waals surface area contributed by atoms with Gasteiger partial charge < -0.3 is 4.42 Å². The van der Waals surface area contributed by atoms with Gasteiger partial charge in [0.1, 0.15) is 17.3 Å². The minimum atomic E-state index is -0.281. The number of hydrogen-bond donors (Lipinski definition) is 1. The van der Waals surface area contributed by atoms with E-state index in [0.29, 0.717) is 6.54 Å². The molecular weight excluding hydrogens is 665 g/mol. The molecule has 2 aromatic heterocycles. The third-order valence-corrected chi connectivity index (χ3v) is 11.4. The van der Waals surface area contributed by atoms with Crippen molar-refractivity contribution < 1.29 is 4.42 Å². The van der Waals surface area contributed by atoms with Gasteiger partial charge in [-0.2, -0.15) is 0 Å². The summed E-state index contributed by atoms with van der Waals surface area (Å²) in [5, 5.41) is 11.2. The second kappa shape index (κ2) is 13.3. The Morgan fingerprint density at radius 3 is 2.15 bits per heavy atom. The van der Waals surface area contributed by atoms with Crippen LogP contribution < -0.4 is 5.32 Å². The second-order valence-electron chi connectivity index (χ2n) is 13.6. The fourth-order valence-electron chi connectivity index (χ4n) is 7.56. The lowest BCUT2D eigenvalue weighted by Crippen LogP contribution is -2.19. The third kappa shape index (κ3) is 5.88. The Bertz CT molecular complexity index is 2940. The van der Waals surface area contributed by atoms with Gasteiger partial charge in [-0.05, 0) is 74.7 Å². The van der Waals surface area contributed by atoms with Crippen molar-refractivity contribution in [3.63, 3.8) is 0 Å². The molecule has 3 nitrogen and oxygen atoms in total. The highest BCUT2D eigenvalue weighted by Crippen LogP contribution is 2.41. The molecule has 1 N–H and O–H groups in total. The molecule has 0 aliphatic heterocycles. The summed E-state index contributed by atoms with van der Waals surface area (Å²) in [6, 6.07) is 62.5. The lowest BCUT2D eigenvalue weighted by Gasteiger charge is -2.16. The second-order valence-corrected chi connectivity index (χ2v) is 14.6. The summed E-state index contributed by atoms with van der Waals surface area (Å²) in [6.07, 6.45) is 1.68. The molecule has 1 unspecified atom stereocenters. The van der Waals surface area contributed by atoms with Crippen LogP contribution in [0.2, 0.25) is 0 Å². The van der Waals surface area contributed by atoms with E-state index < -0.39 is 0 Å². The van der Waals surface area contributed by atoms with E-state index in [1.165, 1.54) is 58.8 Å². The topological polar surface area (TPSA) is 37.5 Å². The maximum absolute atomic E-state index is 6.50. The highest BCUT2D eigenvalue weighted by molar-refractivity contribution is 7.26. The molecule has 0 bridgehead atoms. The first-order valence-corrected chi connectivity index (χ1v) is 18.8. The van der Waals surface area contributed by atoms with Gasteiger partial charge in [-0.3, -0.25) is 10.3 Å². The first-order chi connectivity index (χ1) is 26.2. The maximum Gasteiger partial charge on any atom is 0.136 e. The predicted octanol–water partition coefficient (Wildman–Crippen LogP) is 13.3. The first kappa shape index (κ1) is 31.4. The molecule has 252 valence electrons. The fourth-order valence-corrected chi connectivity index (χ4v) is 8.77. The van der Waals surface area contributed by atoms with Gasteiger partial charge in [0.25, 0.3) is 0 Å². The van der Waals surface area contributed by atoms with Crippen LogP contribution in [0.4, 0.5) is 0 Å². The number of benzene rings is 8. The van der Waals surface area contributed by atoms with E-state index in [1.807, 2.05) is 35.8 Å². The van der Waals surface area contributed by atoms with Gasteiger partial charge in [0.05, 0.1) is 0 Å². The van der Waals surface area contributed by atoms with Gasteiger partial charge in [0, 0.05) is 49.1 Å². The third-order valence-electron chi connectivity index (χ3n) is 10.2. The Kier molecular flexibility index (Phi) is 7.90. The zero-order valence-corrected chi connectivity index (χ0v) is 29.7. The lowest BCUT2D eigenvalue weighted by atomic mass is 9.99. The molecule has 0 aliphatic rings. The molecule has 0 fully saturated rings. The van der Waals surface area contributed by atoms with E-state index in [9.17, 15) is 0 Å². The van der Waals surface area contributed by atoms with Crippen LogP contribution in [0.3, 0.4) is 0 Å². The van der Waals surface area contributed by atoms with Crippen molar-refractivity contribution in [1.29, 1.82) is 0 Å². The number of nitrogens with zero attached hydrogens (tertiary/aromatic N) is 1. The number of aliphatic imine (C=N–C) groups is 1. The van der Waals surface area contributed by atoms with Gasteiger partial charge in [-0.25, -0.2) is 0 Å². The van der Waals surface area contributed by atoms with E-state index in [-0.39, 0.29) is 6.17 Å². The summed E-state index contributed by atoms with van der Waals surface area (Å²) in [5.41, 5.74) is 9.90. The minimum absolute atomic E-state index is 0.281. The quantitative estimate of drug-likeness (QED) is 0.160. The molecule has 0 saturated carbocycles. The maximum atomic E-state index is 6.50. The highest BCUT2D eigenvalue weighted by atomic mass is 32.1. The van der Waals surface area contributed by atoms with Crippen LogP contribution in [0, 0.1) is 0 Å². The summed E-state index contributed by atoms with van der Waals surface area (Å²) in [5.74, 6) is 0. The monoisotopic (exact) mass is 698 g/mol. The molecule has 10 aromatic rings. The Morgan fingerprint density at radius 2 is 1.32 bits per heavy atom. The van der Waals surface area contributed by atoms with Gasteiger partial charge >= 0.3 is 0 Å². The number of hydrogen-bond acceptors (Lipinski definition) is 4. The van der Waals surface area contributed by atoms with Crippen molar-refractivity contribution in [3.05, 3.63) is 193 Å². The number of furan rings is 1. The van der Waals surface area contributed by atoms with Crippen molar-refractivity contribution in [1.82, 2.24) is 5.32 Å². The first-order valence-electron chi connectivity index (χ1n) is 18.0. The Morgan fingerprint density at radius 1 is 0.566 bits per heavy atom. The van der Waals surface area contributed by atoms with E-state index >= 15 is 0 Å². The molecule has 4 heteroatoms. The molecule has 0 saturated heterocycles. The van der Waals surface area contributed by atoms with Crippen molar-refractivity contribution in [3.8, 4) is 22.3 Å². The van der Waals surface area contributed by atoms with Crippen LogP contribution in [0.15, 0.2) is 185 Å². The summed E-state index contributed by atoms with van der Waals surface area (Å²) < 4.78 is 9.13. The van der Waals surface area contributed by atoms with Crippen molar-refractivity contribution in [2.24, 2.45) is 4.99 Å². The van der Waals surface area contributed by atoms with E-state index in [2.05, 4.69) is 163 Å². The molecule has 0 amide bonds. The molecule has 2 heterocycles. The van der Waals surface area contributed by atoms with Gasteiger partial charge in [-0.1, -0.05) is 146 Å². The average Bonchev–Trinajstić information content (AvgIpc) is 3.80. The van der Waals surface area contributed by atoms with Crippen molar-refractivity contribution in [2.45, 2.75) is 12.7 Å². The van der Waals surface area contributed by atoms with E-state index in [0.717, 1.165) is 33.1 Å². The van der Waals surface area contributed by atoms with Crippen molar-refractivity contribution >= 4 is 70.4 Å². The van der Waals surface area contributed by atoms with Crippen LogP contribution in [0.1, 0.15) is 22.9 Å². The standard InChI is InChI=1S/C49H34N2OS/c1-4-11-32(12-5-1)30-50-49(38-23-25-41-45(29-38)52-44-18-10-17-39(47(41)44)35-15-8-3-9-16-35)51-31-33-19-26-46-43(27-33)40-24-22-36-20-21-37(28-42(36)48(40)53-46)34-13-6-2-7-14-34/h1-30,49,51H,31H2/b50-30+. The largest absolute Gasteiger partial charge is 0.456 e. The Balaban J connectivity index is 1.00. The van der Waals surface area contributed by atoms with E-state index in [1.54, 1.807) is 0 Å². The summed E-state index contributed by atoms with van der Waals surface area (Å²) >= 11 is 1.88. The summed E-state index contributed by atoms with van der Waals surface area (Å²) in [7, 11) is 0. The van der Waals surface area contributed by atoms with Crippen LogP contribution in [0.25, 0.3) is 75.1 Å². The Hall–Kier alpha value is -6.33. The molecule has 1 atom stereocenters. The van der Waals surface area contributed by atoms with Crippen LogP contribution in [-0.4, -0.2) is 6.21 Å². The molecule has 0 aliphatic carbocycles. The zero-order chi connectivity index (χ0) is 35.1. The smallest absolute Gasteiger partial charge is 0.136 e. The number of fused-ring (bicyclic) bond motifs is 8. The number of nitrogens with one attached hydrogen (secondary N) is 1. The SMILES string of the molecule is C(=N\C(NCc1ccc2sc3c4cc(-c5ccccc5)ccc4ccc3c2c1)c1ccc2c(c1)oc1cccc(-c3ccccc3)c12)/c1ccccc1. The molecule has 53 heavy (non-hydrogen) atoms. The van der Waals surface area contributed by atoms with Gasteiger partial charge in [0.15, 0.2) is 0 Å². The summed E-state index contributed by atoms with van der Waals surface area (Å²) in [6.45, 7) is 0.659. The summed E-state index contributed by atoms with van der Waals surface area (Å²) in [4.78, 5) is 5.10. The average molecular weight is 699 g/mol. The molecule has 0 radical (unpaired) electrons. The van der Waals surface area contributed by atoms with Crippen molar-refractivity contribution in [2.75, 3.05) is 0 Å². The zero-order valence-electron chi connectivity index (χ0n) is 28.9. The highest BCUT2D eigenvalue weighted by Gasteiger charge is 2.17. The van der Waals surface area contributed by atoms with E-state index in [4.69, 9.17) is 9.41 Å². The molecule has 10 rings (SSSR count). The molecule has 0 spiro atoms. The lowest BCUT2D eigenvalue weighted by molar-refractivity contribution is 0.556. The van der Waals surface area contributed by atoms with Crippen LogP contribution >= 0.6 is 11.3 Å². The predicted molar refractivity (Wildman–Crippen MR) is 225 cm³/mol. The molecular formula is C49H34N2OS. The molecule has 8 aromatic carbocycles. The fraction of sp³-hybridized carbons (Fsp3) is 0.0408. The minimum Gasteiger partial charge on any atom is -0.456 e. The Labute approximate surface area is 311 Å². The van der Waals surface area contributed by atoms with Gasteiger partial charge in [-0.15, -0.1) is 11.3 Å². The van der Waals surface area contributed by atoms with Crippen LogP contribution in [0.5, 0.6) is 0 Å². The van der Waals surface area contributed by atoms with Gasteiger partial charge in [0.2, 0.25) is 0 Å². The number of thiophene rings is 1.